The van der Waals surface area contributed by atoms with Crippen molar-refractivity contribution >= 4 is 13.4 Å². The first-order valence-corrected chi connectivity index (χ1v) is 4.81. The van der Waals surface area contributed by atoms with Gasteiger partial charge in [0.15, 0.2) is 5.82 Å². The van der Waals surface area contributed by atoms with Gasteiger partial charge in [0.05, 0.1) is 0 Å². The van der Waals surface area contributed by atoms with E-state index in [0.717, 1.165) is 11.5 Å². The van der Waals surface area contributed by atoms with Crippen LogP contribution in [-0.2, 0) is 0 Å². The van der Waals surface area contributed by atoms with Gasteiger partial charge < -0.3 is 4.57 Å². The zero-order valence-corrected chi connectivity index (χ0v) is 8.75. The van der Waals surface area contributed by atoms with E-state index in [-0.39, 0.29) is 0 Å². The van der Waals surface area contributed by atoms with E-state index in [4.69, 9.17) is 7.85 Å². The Morgan fingerprint density at radius 1 is 1.33 bits per heavy atom. The summed E-state index contributed by atoms with van der Waals surface area (Å²) in [7, 11) is 5.62. The van der Waals surface area contributed by atoms with Gasteiger partial charge in [0, 0.05) is 6.04 Å². The van der Waals surface area contributed by atoms with E-state index in [1.165, 1.54) is 0 Å². The maximum Gasteiger partial charge on any atom is 0.182 e. The third-order valence-electron chi connectivity index (χ3n) is 2.13. The van der Waals surface area contributed by atoms with E-state index in [1.807, 2.05) is 16.7 Å². The fourth-order valence-corrected chi connectivity index (χ4v) is 1.38. The lowest BCUT2D eigenvalue weighted by Gasteiger charge is -2.09. The summed E-state index contributed by atoms with van der Waals surface area (Å²) >= 11 is 0. The average Bonchev–Trinajstić information content (AvgIpc) is 2.65. The number of aromatic nitrogens is 4. The number of rotatable bonds is 2. The van der Waals surface area contributed by atoms with Gasteiger partial charge in [-0.05, 0) is 25.5 Å². The van der Waals surface area contributed by atoms with E-state index < -0.39 is 0 Å². The molecule has 2 radical (unpaired) electrons. The lowest BCUT2D eigenvalue weighted by atomic mass is 10.0. The highest BCUT2D eigenvalue weighted by Crippen LogP contribution is 2.16. The summed E-state index contributed by atoms with van der Waals surface area (Å²) < 4.78 is 1.96. The van der Waals surface area contributed by atoms with Crippen molar-refractivity contribution in [2.75, 3.05) is 0 Å². The van der Waals surface area contributed by atoms with Crippen LogP contribution in [0.2, 0.25) is 0 Å². The molecule has 0 aliphatic heterocycles. The molecule has 0 aromatic carbocycles. The van der Waals surface area contributed by atoms with Crippen LogP contribution in [0.15, 0.2) is 24.5 Å². The zero-order valence-electron chi connectivity index (χ0n) is 8.75. The van der Waals surface area contributed by atoms with Gasteiger partial charge in [-0.3, -0.25) is 4.98 Å². The molecular formula is C10H11BN4. The fourth-order valence-electron chi connectivity index (χ4n) is 1.38. The molecule has 5 heteroatoms. The number of nitrogens with zero attached hydrogens (tertiary/aromatic N) is 4. The second-order valence-electron chi connectivity index (χ2n) is 3.60. The van der Waals surface area contributed by atoms with Crippen LogP contribution in [0, 0.1) is 0 Å². The van der Waals surface area contributed by atoms with Crippen molar-refractivity contribution in [1.82, 2.24) is 19.7 Å². The minimum Gasteiger partial charge on any atom is -0.310 e. The van der Waals surface area contributed by atoms with Crippen LogP contribution >= 0.6 is 0 Å². The van der Waals surface area contributed by atoms with Gasteiger partial charge in [-0.25, -0.2) is 0 Å². The minimum atomic E-state index is 0.304. The summed E-state index contributed by atoms with van der Waals surface area (Å²) in [6, 6.07) is 5.79. The molecule has 0 unspecified atom stereocenters. The van der Waals surface area contributed by atoms with Crippen LogP contribution in [0.25, 0.3) is 11.5 Å². The smallest absolute Gasteiger partial charge is 0.182 e. The molecule has 2 aromatic heterocycles. The van der Waals surface area contributed by atoms with E-state index in [2.05, 4.69) is 29.0 Å². The molecule has 0 amide bonds. The fraction of sp³-hybridized carbons (Fsp3) is 0.300. The normalized spacial score (nSPS) is 10.9. The Hall–Kier alpha value is -1.65. The minimum absolute atomic E-state index is 0.304. The van der Waals surface area contributed by atoms with Gasteiger partial charge >= 0.3 is 0 Å². The molecule has 15 heavy (non-hydrogen) atoms. The predicted octanol–water partition coefficient (Wildman–Crippen LogP) is 0.715. The van der Waals surface area contributed by atoms with Crippen LogP contribution < -0.4 is 5.59 Å². The third-order valence-corrected chi connectivity index (χ3v) is 2.13. The first-order valence-electron chi connectivity index (χ1n) is 4.81. The van der Waals surface area contributed by atoms with Crippen LogP contribution in [0.4, 0.5) is 0 Å². The molecule has 0 bridgehead atoms. The van der Waals surface area contributed by atoms with Crippen molar-refractivity contribution in [2.24, 2.45) is 0 Å². The highest BCUT2D eigenvalue weighted by molar-refractivity contribution is 6.30. The zero-order chi connectivity index (χ0) is 10.8. The molecule has 0 N–H and O–H groups in total. The Kier molecular flexibility index (Phi) is 2.54. The van der Waals surface area contributed by atoms with Crippen molar-refractivity contribution in [2.45, 2.75) is 19.9 Å². The number of pyridine rings is 1. The van der Waals surface area contributed by atoms with Gasteiger partial charge in [0.2, 0.25) is 0 Å². The Labute approximate surface area is 89.8 Å². The molecular weight excluding hydrogens is 187 g/mol. The second-order valence-corrected chi connectivity index (χ2v) is 3.60. The first-order chi connectivity index (χ1) is 7.18. The molecule has 0 fully saturated rings. The Bertz CT molecular complexity index is 464. The second kappa shape index (κ2) is 3.84. The highest BCUT2D eigenvalue weighted by atomic mass is 15.3. The SMILES string of the molecule is [B]c1cccc(-c2nncn2C(C)C)n1. The van der Waals surface area contributed by atoms with Gasteiger partial charge in [-0.15, -0.1) is 10.2 Å². The summed E-state index contributed by atoms with van der Waals surface area (Å²) in [5.41, 5.74) is 1.24. The summed E-state index contributed by atoms with van der Waals surface area (Å²) in [5.74, 6) is 0.748. The van der Waals surface area contributed by atoms with Gasteiger partial charge in [0.25, 0.3) is 0 Å². The molecule has 0 atom stereocenters. The largest absolute Gasteiger partial charge is 0.310 e. The predicted molar refractivity (Wildman–Crippen MR) is 59.0 cm³/mol. The van der Waals surface area contributed by atoms with Gasteiger partial charge in [-0.1, -0.05) is 12.1 Å². The molecule has 0 saturated carbocycles. The number of hydrogen-bond acceptors (Lipinski definition) is 3. The first kappa shape index (κ1) is 9.89. The van der Waals surface area contributed by atoms with Crippen molar-refractivity contribution in [3.8, 4) is 11.5 Å². The molecule has 0 aliphatic carbocycles. The lowest BCUT2D eigenvalue weighted by molar-refractivity contribution is 0.603. The van der Waals surface area contributed by atoms with Crippen molar-refractivity contribution in [1.29, 1.82) is 0 Å². The topological polar surface area (TPSA) is 43.6 Å². The Morgan fingerprint density at radius 2 is 2.13 bits per heavy atom. The van der Waals surface area contributed by atoms with E-state index in [1.54, 1.807) is 12.4 Å². The van der Waals surface area contributed by atoms with E-state index >= 15 is 0 Å². The molecule has 2 rings (SSSR count). The summed E-state index contributed by atoms with van der Waals surface area (Å²) in [6.07, 6.45) is 1.70. The maximum atomic E-state index is 5.62. The standard InChI is InChI=1S/C10H11BN4/c1-7(2)15-6-12-14-10(15)8-4-3-5-9(11)13-8/h3-7H,1-2H3. The van der Waals surface area contributed by atoms with Crippen molar-refractivity contribution < 1.29 is 0 Å². The van der Waals surface area contributed by atoms with Crippen molar-refractivity contribution in [3.05, 3.63) is 24.5 Å². The molecule has 2 aromatic rings. The van der Waals surface area contributed by atoms with Crippen LogP contribution in [0.1, 0.15) is 19.9 Å². The lowest BCUT2D eigenvalue weighted by Crippen LogP contribution is -2.10. The maximum absolute atomic E-state index is 5.62. The Balaban J connectivity index is 2.49. The molecule has 0 spiro atoms. The molecule has 0 aliphatic rings. The summed E-state index contributed by atoms with van der Waals surface area (Å²) in [5, 5.41) is 7.93. The van der Waals surface area contributed by atoms with Crippen LogP contribution in [0.5, 0.6) is 0 Å². The summed E-state index contributed by atoms with van der Waals surface area (Å²) in [4.78, 5) is 4.21. The van der Waals surface area contributed by atoms with Crippen LogP contribution in [0.3, 0.4) is 0 Å². The average molecular weight is 198 g/mol. The quantitative estimate of drug-likeness (QED) is 0.667. The van der Waals surface area contributed by atoms with Crippen molar-refractivity contribution in [3.63, 3.8) is 0 Å². The number of hydrogen-bond donors (Lipinski definition) is 0. The molecule has 4 nitrogen and oxygen atoms in total. The van der Waals surface area contributed by atoms with Gasteiger partial charge in [0.1, 0.15) is 19.9 Å². The monoisotopic (exact) mass is 198 g/mol. The third kappa shape index (κ3) is 1.91. The molecule has 74 valence electrons. The Morgan fingerprint density at radius 3 is 2.80 bits per heavy atom. The van der Waals surface area contributed by atoms with E-state index in [0.29, 0.717) is 11.6 Å². The van der Waals surface area contributed by atoms with Gasteiger partial charge in [-0.2, -0.15) is 0 Å². The highest BCUT2D eigenvalue weighted by Gasteiger charge is 2.10. The molecule has 0 saturated heterocycles. The van der Waals surface area contributed by atoms with E-state index in [9.17, 15) is 0 Å². The summed E-state index contributed by atoms with van der Waals surface area (Å²) in [6.45, 7) is 4.14. The van der Waals surface area contributed by atoms with Crippen LogP contribution in [-0.4, -0.2) is 27.6 Å². The molecule has 2 heterocycles.